The van der Waals surface area contributed by atoms with Crippen molar-refractivity contribution in [2.45, 2.75) is 91.1 Å². The summed E-state index contributed by atoms with van der Waals surface area (Å²) in [7, 11) is 2.45. The summed E-state index contributed by atoms with van der Waals surface area (Å²) in [5.41, 5.74) is 3.73. The smallest absolute Gasteiger partial charge is 0.407 e. The molecular weight excluding hydrogens is 725 g/mol. The highest BCUT2D eigenvalue weighted by atomic mass is 16.5. The zero-order chi connectivity index (χ0) is 41.8. The monoisotopic (exact) mass is 780 g/mol. The van der Waals surface area contributed by atoms with Gasteiger partial charge in [0.05, 0.1) is 37.8 Å². The second-order valence-corrected chi connectivity index (χ2v) is 16.2. The van der Waals surface area contributed by atoms with Crippen molar-refractivity contribution in [1.29, 1.82) is 0 Å². The van der Waals surface area contributed by atoms with Gasteiger partial charge in [-0.1, -0.05) is 102 Å². The topological polar surface area (TPSA) is 181 Å². The van der Waals surface area contributed by atoms with Crippen LogP contribution in [0.1, 0.15) is 59.1 Å². The first-order chi connectivity index (χ1) is 27.0. The van der Waals surface area contributed by atoms with Gasteiger partial charge in [-0.3, -0.25) is 19.6 Å². The minimum absolute atomic E-state index is 0.0183. The number of amides is 4. The van der Waals surface area contributed by atoms with Crippen molar-refractivity contribution in [2.75, 3.05) is 14.2 Å². The number of hydrogen-bond acceptors (Lipinski definition) is 9. The summed E-state index contributed by atoms with van der Waals surface area (Å²) >= 11 is 0. The fraction of sp³-hybridized carbons (Fsp3) is 0.409. The van der Waals surface area contributed by atoms with E-state index in [2.05, 4.69) is 31.2 Å². The third kappa shape index (κ3) is 13.1. The lowest BCUT2D eigenvalue weighted by molar-refractivity contribution is -0.128. The number of hydrogen-bond donors (Lipinski definition) is 5. The number of aliphatic hydroxyl groups is 1. The van der Waals surface area contributed by atoms with Crippen LogP contribution in [-0.4, -0.2) is 83.6 Å². The Morgan fingerprint density at radius 1 is 0.596 bits per heavy atom. The van der Waals surface area contributed by atoms with Gasteiger partial charge in [0.25, 0.3) is 0 Å². The van der Waals surface area contributed by atoms with Gasteiger partial charge in [-0.05, 0) is 65.5 Å². The molecule has 4 aromatic rings. The molecule has 5 atom stereocenters. The molecule has 4 rings (SSSR count). The van der Waals surface area contributed by atoms with Gasteiger partial charge in [-0.2, -0.15) is 0 Å². The number of alkyl carbamates (subject to hydrolysis) is 2. The van der Waals surface area contributed by atoms with Crippen molar-refractivity contribution in [3.63, 3.8) is 0 Å². The SMILES string of the molecule is COC(=O)N[C@H](C(=O)N[C@@H](Cc1ccc(-c2ccccn2)cc1)C[C@H](O)[C@H](Cc1ccc(-c2ccccn2)cc1)NC(=O)[C@@H](NC(=O)OC)C(C)(C)C)C(C)(C)C. The normalized spacial score (nSPS) is 14.2. The van der Waals surface area contributed by atoms with Crippen LogP contribution in [0.4, 0.5) is 9.59 Å². The number of nitrogens with one attached hydrogen (secondary N) is 4. The van der Waals surface area contributed by atoms with Crippen LogP contribution in [0.25, 0.3) is 22.5 Å². The Hall–Kier alpha value is -5.82. The van der Waals surface area contributed by atoms with Gasteiger partial charge in [0.2, 0.25) is 11.8 Å². The van der Waals surface area contributed by atoms with E-state index in [0.717, 1.165) is 33.6 Å². The Labute approximate surface area is 335 Å². The fourth-order valence-electron chi connectivity index (χ4n) is 6.42. The molecule has 2 heterocycles. The van der Waals surface area contributed by atoms with E-state index in [1.54, 1.807) is 12.4 Å². The number of aliphatic hydroxyl groups excluding tert-OH is 1. The summed E-state index contributed by atoms with van der Waals surface area (Å²) < 4.78 is 9.63. The van der Waals surface area contributed by atoms with Crippen LogP contribution in [0.2, 0.25) is 0 Å². The lowest BCUT2D eigenvalue weighted by Gasteiger charge is -2.34. The Morgan fingerprint density at radius 3 is 1.40 bits per heavy atom. The van der Waals surface area contributed by atoms with Crippen molar-refractivity contribution in [2.24, 2.45) is 10.8 Å². The van der Waals surface area contributed by atoms with Crippen LogP contribution in [-0.2, 0) is 31.9 Å². The average molecular weight is 781 g/mol. The lowest BCUT2D eigenvalue weighted by Crippen LogP contribution is -2.59. The molecule has 304 valence electrons. The maximum absolute atomic E-state index is 14.0. The highest BCUT2D eigenvalue weighted by Gasteiger charge is 2.37. The number of rotatable bonds is 15. The van der Waals surface area contributed by atoms with Crippen LogP contribution in [0.5, 0.6) is 0 Å². The Morgan fingerprint density at radius 2 is 1.02 bits per heavy atom. The molecule has 0 radical (unpaired) electrons. The molecule has 0 aliphatic carbocycles. The van der Waals surface area contributed by atoms with Crippen LogP contribution in [0.3, 0.4) is 0 Å². The van der Waals surface area contributed by atoms with Crippen molar-refractivity contribution >= 4 is 24.0 Å². The maximum Gasteiger partial charge on any atom is 0.407 e. The van der Waals surface area contributed by atoms with Gasteiger partial charge in [-0.15, -0.1) is 0 Å². The molecule has 0 aliphatic rings. The minimum atomic E-state index is -1.19. The second-order valence-electron chi connectivity index (χ2n) is 16.2. The van der Waals surface area contributed by atoms with Gasteiger partial charge >= 0.3 is 12.2 Å². The zero-order valence-electron chi connectivity index (χ0n) is 34.0. The number of benzene rings is 2. The summed E-state index contributed by atoms with van der Waals surface area (Å²) in [6.45, 7) is 10.9. The largest absolute Gasteiger partial charge is 0.453 e. The Balaban J connectivity index is 1.68. The number of nitrogens with zero attached hydrogens (tertiary/aromatic N) is 2. The van der Waals surface area contributed by atoms with Gasteiger partial charge < -0.3 is 35.8 Å². The second kappa shape index (κ2) is 19.9. The van der Waals surface area contributed by atoms with Gasteiger partial charge in [0.1, 0.15) is 12.1 Å². The predicted molar refractivity (Wildman–Crippen MR) is 219 cm³/mol. The number of aromatic nitrogens is 2. The van der Waals surface area contributed by atoms with Crippen LogP contribution >= 0.6 is 0 Å². The van der Waals surface area contributed by atoms with E-state index in [-0.39, 0.29) is 12.8 Å². The van der Waals surface area contributed by atoms with Crippen LogP contribution < -0.4 is 21.3 Å². The van der Waals surface area contributed by atoms with Crippen LogP contribution in [0, 0.1) is 10.8 Å². The summed E-state index contributed by atoms with van der Waals surface area (Å²) in [6.07, 6.45) is 1.29. The molecule has 0 saturated heterocycles. The van der Waals surface area contributed by atoms with Gasteiger partial charge in [-0.25, -0.2) is 9.59 Å². The summed E-state index contributed by atoms with van der Waals surface area (Å²) in [6, 6.07) is 23.3. The van der Waals surface area contributed by atoms with Gasteiger partial charge in [0.15, 0.2) is 0 Å². The summed E-state index contributed by atoms with van der Waals surface area (Å²) in [5.74, 6) is -0.973. The maximum atomic E-state index is 14.0. The molecule has 5 N–H and O–H groups in total. The van der Waals surface area contributed by atoms with E-state index in [9.17, 15) is 24.3 Å². The molecule has 0 saturated carbocycles. The first-order valence-electron chi connectivity index (χ1n) is 19.0. The first-order valence-corrected chi connectivity index (χ1v) is 19.0. The third-order valence-corrected chi connectivity index (χ3v) is 9.58. The fourth-order valence-corrected chi connectivity index (χ4v) is 6.42. The summed E-state index contributed by atoms with van der Waals surface area (Å²) in [4.78, 5) is 61.5. The van der Waals surface area contributed by atoms with Crippen molar-refractivity contribution < 1.29 is 33.8 Å². The number of methoxy groups -OCH3 is 2. The van der Waals surface area contributed by atoms with Crippen molar-refractivity contribution in [3.8, 4) is 22.5 Å². The molecule has 4 amide bonds. The van der Waals surface area contributed by atoms with E-state index in [0.29, 0.717) is 6.42 Å². The molecule has 2 aromatic carbocycles. The third-order valence-electron chi connectivity index (χ3n) is 9.58. The van der Waals surface area contributed by atoms with Gasteiger partial charge in [0, 0.05) is 29.6 Å². The van der Waals surface area contributed by atoms with E-state index < -0.39 is 65.1 Å². The first kappa shape index (κ1) is 43.9. The molecule has 57 heavy (non-hydrogen) atoms. The van der Waals surface area contributed by atoms with E-state index in [1.165, 1.54) is 14.2 Å². The summed E-state index contributed by atoms with van der Waals surface area (Å²) in [5, 5.41) is 23.5. The van der Waals surface area contributed by atoms with Crippen molar-refractivity contribution in [3.05, 3.63) is 108 Å². The lowest BCUT2D eigenvalue weighted by atomic mass is 9.85. The molecule has 2 aromatic heterocycles. The van der Waals surface area contributed by atoms with Crippen molar-refractivity contribution in [1.82, 2.24) is 31.2 Å². The number of carbonyl (C=O) groups excluding carboxylic acids is 4. The number of carbonyl (C=O) groups is 4. The molecule has 0 unspecified atom stereocenters. The standard InChI is InChI=1S/C44H56N6O7/c1-43(2,3)37(49-41(54)56-7)39(52)47-32(25-28-15-19-30(20-16-28)33-13-9-11-23-45-33)27-36(51)35(48-40(53)38(44(4,5)6)50-42(55)57-8)26-29-17-21-31(22-18-29)34-14-10-12-24-46-34/h9-24,32,35-38,51H,25-27H2,1-8H3,(H,47,52)(H,48,53)(H,49,54)(H,50,55)/t32-,35-,36-,37+,38+/m0/s1. The van der Waals surface area contributed by atoms with E-state index in [1.807, 2.05) is 126 Å². The quantitative estimate of drug-likeness (QED) is 0.0988. The molecule has 0 aliphatic heterocycles. The zero-order valence-corrected chi connectivity index (χ0v) is 34.0. The molecule has 0 fully saturated rings. The average Bonchev–Trinajstić information content (AvgIpc) is 3.18. The number of pyridine rings is 2. The predicted octanol–water partition coefficient (Wildman–Crippen LogP) is 5.86. The highest BCUT2D eigenvalue weighted by Crippen LogP contribution is 2.25. The molecule has 13 heteroatoms. The molecular formula is C44H56N6O7. The molecule has 0 spiro atoms. The van der Waals surface area contributed by atoms with E-state index >= 15 is 0 Å². The minimum Gasteiger partial charge on any atom is -0.453 e. The highest BCUT2D eigenvalue weighted by molar-refractivity contribution is 5.87. The van der Waals surface area contributed by atoms with E-state index in [4.69, 9.17) is 9.47 Å². The van der Waals surface area contributed by atoms with Crippen LogP contribution in [0.15, 0.2) is 97.3 Å². The Bertz CT molecular complexity index is 1910. The molecule has 13 nitrogen and oxygen atoms in total. The number of ether oxygens (including phenoxy) is 2. The Kier molecular flexibility index (Phi) is 15.3. The molecule has 0 bridgehead atoms.